The number of aromatic nitrogens is 2. The molecule has 0 radical (unpaired) electrons. The predicted octanol–water partition coefficient (Wildman–Crippen LogP) is 1.63. The number of benzene rings is 1. The van der Waals surface area contributed by atoms with Crippen LogP contribution in [0, 0.1) is 0 Å². The molecule has 17 heavy (non-hydrogen) atoms. The van der Waals surface area contributed by atoms with Gasteiger partial charge in [-0.1, -0.05) is 12.1 Å². The molecule has 4 heteroatoms. The van der Waals surface area contributed by atoms with Crippen molar-refractivity contribution < 1.29 is 0 Å². The molecule has 90 valence electrons. The van der Waals surface area contributed by atoms with Gasteiger partial charge in [-0.3, -0.25) is 4.98 Å². The lowest BCUT2D eigenvalue weighted by Crippen LogP contribution is -2.29. The Labute approximate surface area is 102 Å². The fourth-order valence-electron chi connectivity index (χ4n) is 1.60. The zero-order valence-electron chi connectivity index (χ0n) is 10.6. The van der Waals surface area contributed by atoms with Gasteiger partial charge in [-0.25, -0.2) is 4.98 Å². The fraction of sp³-hybridized carbons (Fsp3) is 0.385. The van der Waals surface area contributed by atoms with Crippen molar-refractivity contribution in [3.05, 3.63) is 30.5 Å². The highest BCUT2D eigenvalue weighted by molar-refractivity contribution is 5.75. The molecule has 0 aliphatic rings. The zero-order valence-corrected chi connectivity index (χ0v) is 10.6. The summed E-state index contributed by atoms with van der Waals surface area (Å²) in [6, 6.07) is 7.94. The molecule has 0 saturated carbocycles. The third-order valence-electron chi connectivity index (χ3n) is 2.71. The minimum atomic E-state index is 0.922. The molecule has 0 aliphatic heterocycles. The van der Waals surface area contributed by atoms with E-state index < -0.39 is 0 Å². The fourth-order valence-corrected chi connectivity index (χ4v) is 1.60. The van der Waals surface area contributed by atoms with E-state index in [1.54, 1.807) is 0 Å². The van der Waals surface area contributed by atoms with Gasteiger partial charge in [0.2, 0.25) is 0 Å². The van der Waals surface area contributed by atoms with Gasteiger partial charge >= 0.3 is 0 Å². The van der Waals surface area contributed by atoms with Gasteiger partial charge in [0.05, 0.1) is 17.2 Å². The number of fused-ring (bicyclic) bond motifs is 1. The Balaban J connectivity index is 2.18. The summed E-state index contributed by atoms with van der Waals surface area (Å²) in [7, 11) is 6.18. The molecule has 0 N–H and O–H groups in total. The number of hydrogen-bond acceptors (Lipinski definition) is 4. The van der Waals surface area contributed by atoms with E-state index in [-0.39, 0.29) is 0 Å². The van der Waals surface area contributed by atoms with E-state index in [0.29, 0.717) is 0 Å². The molecule has 0 fully saturated rings. The summed E-state index contributed by atoms with van der Waals surface area (Å²) in [6.07, 6.45) is 1.83. The summed E-state index contributed by atoms with van der Waals surface area (Å²) in [5, 5.41) is 0. The molecule has 0 spiro atoms. The van der Waals surface area contributed by atoms with Crippen molar-refractivity contribution in [1.29, 1.82) is 0 Å². The lowest BCUT2D eigenvalue weighted by atomic mass is 10.3. The number of rotatable bonds is 4. The zero-order chi connectivity index (χ0) is 12.3. The minimum Gasteiger partial charge on any atom is -0.357 e. The number of nitrogens with zero attached hydrogens (tertiary/aromatic N) is 4. The molecule has 0 amide bonds. The first-order valence-electron chi connectivity index (χ1n) is 5.74. The lowest BCUT2D eigenvalue weighted by molar-refractivity contribution is 0.416. The maximum atomic E-state index is 4.60. The van der Waals surface area contributed by atoms with Gasteiger partial charge in [-0.2, -0.15) is 0 Å². The van der Waals surface area contributed by atoms with Crippen LogP contribution in [0.15, 0.2) is 30.5 Å². The van der Waals surface area contributed by atoms with Crippen molar-refractivity contribution in [1.82, 2.24) is 14.9 Å². The first kappa shape index (κ1) is 11.8. The van der Waals surface area contributed by atoms with Crippen LogP contribution in [0.25, 0.3) is 11.0 Å². The van der Waals surface area contributed by atoms with E-state index in [0.717, 1.165) is 29.9 Å². The topological polar surface area (TPSA) is 32.3 Å². The molecule has 0 aliphatic carbocycles. The summed E-state index contributed by atoms with van der Waals surface area (Å²) in [4.78, 5) is 13.3. The Morgan fingerprint density at radius 2 is 1.71 bits per heavy atom. The number of hydrogen-bond donors (Lipinski definition) is 0. The second-order valence-electron chi connectivity index (χ2n) is 4.44. The van der Waals surface area contributed by atoms with Crippen molar-refractivity contribution in [3.8, 4) is 0 Å². The quantitative estimate of drug-likeness (QED) is 0.799. The van der Waals surface area contributed by atoms with Crippen LogP contribution in [0.5, 0.6) is 0 Å². The van der Waals surface area contributed by atoms with E-state index >= 15 is 0 Å². The Morgan fingerprint density at radius 1 is 1.00 bits per heavy atom. The molecule has 2 aromatic rings. The van der Waals surface area contributed by atoms with Crippen LogP contribution in [0.3, 0.4) is 0 Å². The van der Waals surface area contributed by atoms with Crippen LogP contribution in [-0.2, 0) is 0 Å². The number of para-hydroxylation sites is 2. The highest BCUT2D eigenvalue weighted by Gasteiger charge is 2.04. The van der Waals surface area contributed by atoms with Crippen molar-refractivity contribution in [3.63, 3.8) is 0 Å². The first-order valence-corrected chi connectivity index (χ1v) is 5.74. The smallest absolute Gasteiger partial charge is 0.147 e. The predicted molar refractivity (Wildman–Crippen MR) is 71.4 cm³/mol. The molecule has 2 rings (SSSR count). The van der Waals surface area contributed by atoms with Gasteiger partial charge in [-0.05, 0) is 26.2 Å². The van der Waals surface area contributed by atoms with E-state index in [1.807, 2.05) is 37.5 Å². The Bertz CT molecular complexity index is 495. The summed E-state index contributed by atoms with van der Waals surface area (Å²) < 4.78 is 0. The standard InChI is InChI=1S/C13H18N4/c1-16(2)8-9-17(3)13-10-14-11-6-4-5-7-12(11)15-13/h4-7,10H,8-9H2,1-3H3. The Kier molecular flexibility index (Phi) is 3.54. The van der Waals surface area contributed by atoms with Crippen molar-refractivity contribution in [2.45, 2.75) is 0 Å². The largest absolute Gasteiger partial charge is 0.357 e. The summed E-state index contributed by atoms with van der Waals surface area (Å²) >= 11 is 0. The molecular weight excluding hydrogens is 212 g/mol. The van der Waals surface area contributed by atoms with Gasteiger partial charge in [0, 0.05) is 20.1 Å². The van der Waals surface area contributed by atoms with Crippen molar-refractivity contribution in [2.75, 3.05) is 39.1 Å². The minimum absolute atomic E-state index is 0.922. The lowest BCUT2D eigenvalue weighted by Gasteiger charge is -2.20. The molecule has 1 aromatic heterocycles. The molecule has 0 atom stereocenters. The molecule has 0 bridgehead atoms. The van der Waals surface area contributed by atoms with Crippen LogP contribution in [0.4, 0.5) is 5.82 Å². The van der Waals surface area contributed by atoms with Crippen molar-refractivity contribution in [2.24, 2.45) is 0 Å². The van der Waals surface area contributed by atoms with Gasteiger partial charge in [0.25, 0.3) is 0 Å². The Morgan fingerprint density at radius 3 is 2.41 bits per heavy atom. The molecule has 0 unspecified atom stereocenters. The summed E-state index contributed by atoms with van der Waals surface area (Å²) in [6.45, 7) is 1.95. The van der Waals surface area contributed by atoms with Crippen molar-refractivity contribution >= 4 is 16.9 Å². The molecule has 4 nitrogen and oxygen atoms in total. The second-order valence-corrected chi connectivity index (χ2v) is 4.44. The van der Waals surface area contributed by atoms with Crippen LogP contribution in [0.2, 0.25) is 0 Å². The highest BCUT2D eigenvalue weighted by Crippen LogP contribution is 2.13. The molecule has 1 aromatic carbocycles. The van der Waals surface area contributed by atoms with E-state index in [9.17, 15) is 0 Å². The van der Waals surface area contributed by atoms with Crippen LogP contribution >= 0.6 is 0 Å². The maximum absolute atomic E-state index is 4.60. The van der Waals surface area contributed by atoms with Gasteiger partial charge in [-0.15, -0.1) is 0 Å². The number of likely N-dealkylation sites (N-methyl/N-ethyl adjacent to an activating group) is 2. The average molecular weight is 230 g/mol. The highest BCUT2D eigenvalue weighted by atomic mass is 15.2. The monoisotopic (exact) mass is 230 g/mol. The molecule has 0 saturated heterocycles. The number of anilines is 1. The summed E-state index contributed by atoms with van der Waals surface area (Å²) in [5.74, 6) is 0.922. The average Bonchev–Trinajstić information content (AvgIpc) is 2.35. The third-order valence-corrected chi connectivity index (χ3v) is 2.71. The van der Waals surface area contributed by atoms with E-state index in [4.69, 9.17) is 0 Å². The maximum Gasteiger partial charge on any atom is 0.147 e. The Hall–Kier alpha value is -1.68. The van der Waals surface area contributed by atoms with E-state index in [2.05, 4.69) is 33.9 Å². The van der Waals surface area contributed by atoms with Gasteiger partial charge in [0.15, 0.2) is 0 Å². The van der Waals surface area contributed by atoms with E-state index in [1.165, 1.54) is 0 Å². The van der Waals surface area contributed by atoms with Crippen LogP contribution in [-0.4, -0.2) is 49.1 Å². The molecule has 1 heterocycles. The normalized spacial score (nSPS) is 11.1. The first-order chi connectivity index (χ1) is 8.16. The van der Waals surface area contributed by atoms with Crippen LogP contribution < -0.4 is 4.90 Å². The SMILES string of the molecule is CN(C)CCN(C)c1cnc2ccccc2n1. The second kappa shape index (κ2) is 5.10. The molecular formula is C13H18N4. The summed E-state index contributed by atoms with van der Waals surface area (Å²) in [5.41, 5.74) is 1.89. The van der Waals surface area contributed by atoms with Gasteiger partial charge < -0.3 is 9.80 Å². The third kappa shape index (κ3) is 2.91. The van der Waals surface area contributed by atoms with Crippen LogP contribution in [0.1, 0.15) is 0 Å². The van der Waals surface area contributed by atoms with Gasteiger partial charge in [0.1, 0.15) is 5.82 Å².